The summed E-state index contributed by atoms with van der Waals surface area (Å²) in [6, 6.07) is 0. The third-order valence-corrected chi connectivity index (χ3v) is 2.02. The van der Waals surface area contributed by atoms with Crippen molar-refractivity contribution in [1.29, 1.82) is 0 Å². The molecular weight excluding hydrogens is 164 g/mol. The number of hydrogen-bond acceptors (Lipinski definition) is 2. The zero-order valence-electron chi connectivity index (χ0n) is 8.59. The van der Waals surface area contributed by atoms with Crippen LogP contribution in [0.3, 0.4) is 0 Å². The maximum Gasteiger partial charge on any atom is 0.223 e. The van der Waals surface area contributed by atoms with Crippen LogP contribution in [0.5, 0.6) is 0 Å². The number of unbranched alkanes of at least 4 members (excludes halogenated alkanes) is 2. The minimum Gasteiger partial charge on any atom is -0.343 e. The molecule has 3 nitrogen and oxygen atoms in total. The zero-order valence-corrected chi connectivity index (χ0v) is 8.59. The Morgan fingerprint density at radius 3 is 2.38 bits per heavy atom. The van der Waals surface area contributed by atoms with E-state index in [9.17, 15) is 4.79 Å². The second kappa shape index (κ2) is 8.05. The van der Waals surface area contributed by atoms with Crippen LogP contribution < -0.4 is 5.73 Å². The molecule has 0 unspecified atom stereocenters. The number of hydrogen-bond donors (Lipinski definition) is 1. The highest BCUT2D eigenvalue weighted by Crippen LogP contribution is 1.98. The van der Waals surface area contributed by atoms with Gasteiger partial charge in [0.25, 0.3) is 0 Å². The monoisotopic (exact) mass is 185 g/mol. The van der Waals surface area contributed by atoms with Crippen molar-refractivity contribution in [2.45, 2.75) is 32.6 Å². The van der Waals surface area contributed by atoms with E-state index < -0.39 is 0 Å². The fourth-order valence-corrected chi connectivity index (χ4v) is 1.16. The van der Waals surface area contributed by atoms with Gasteiger partial charge in [0.15, 0.2) is 0 Å². The van der Waals surface area contributed by atoms with Crippen LogP contribution in [0.4, 0.5) is 0 Å². The summed E-state index contributed by atoms with van der Waals surface area (Å²) in [5.41, 5.74) is 5.37. The lowest BCUT2D eigenvalue weighted by atomic mass is 10.2. The third-order valence-electron chi connectivity index (χ3n) is 2.02. The maximum absolute atomic E-state index is 11.0. The highest BCUT2D eigenvalue weighted by atomic mass is 16.2. The molecule has 1 radical (unpaired) electrons. The van der Waals surface area contributed by atoms with Crippen LogP contribution in [0.2, 0.25) is 0 Å². The fourth-order valence-electron chi connectivity index (χ4n) is 1.16. The predicted octanol–water partition coefficient (Wildman–Crippen LogP) is 1.19. The summed E-state index contributed by atoms with van der Waals surface area (Å²) in [6.07, 6.45) is 4.14. The number of rotatable bonds is 7. The second-order valence-electron chi connectivity index (χ2n) is 3.23. The van der Waals surface area contributed by atoms with Crippen molar-refractivity contribution < 1.29 is 4.79 Å². The molecule has 0 aliphatic carbocycles. The van der Waals surface area contributed by atoms with E-state index in [0.29, 0.717) is 6.54 Å². The number of carbonyl (C=O) groups is 1. The third kappa shape index (κ3) is 6.58. The van der Waals surface area contributed by atoms with Crippen LogP contribution in [-0.4, -0.2) is 30.4 Å². The van der Waals surface area contributed by atoms with Crippen LogP contribution in [0.15, 0.2) is 0 Å². The molecule has 0 bridgehead atoms. The fraction of sp³-hybridized carbons (Fsp3) is 0.800. The molecule has 0 aromatic rings. The summed E-state index contributed by atoms with van der Waals surface area (Å²) in [5.74, 6) is -0.0644. The van der Waals surface area contributed by atoms with Crippen LogP contribution in [0.25, 0.3) is 0 Å². The van der Waals surface area contributed by atoms with Gasteiger partial charge < -0.3 is 10.6 Å². The van der Waals surface area contributed by atoms with E-state index in [1.807, 2.05) is 0 Å². The molecule has 0 saturated carbocycles. The van der Waals surface area contributed by atoms with Crippen molar-refractivity contribution in [3.8, 4) is 0 Å². The van der Waals surface area contributed by atoms with Gasteiger partial charge in [0, 0.05) is 20.0 Å². The Morgan fingerprint density at radius 2 is 1.92 bits per heavy atom. The zero-order chi connectivity index (χ0) is 10.1. The van der Waals surface area contributed by atoms with Gasteiger partial charge >= 0.3 is 0 Å². The average molecular weight is 185 g/mol. The number of carbonyl (C=O) groups excluding carboxylic acids is 1. The molecule has 0 saturated heterocycles. The molecule has 77 valence electrons. The predicted molar refractivity (Wildman–Crippen MR) is 55.1 cm³/mol. The number of amides is 1. The van der Waals surface area contributed by atoms with Crippen molar-refractivity contribution in [2.75, 3.05) is 19.6 Å². The Labute approximate surface area is 81.3 Å². The summed E-state index contributed by atoms with van der Waals surface area (Å²) in [6.45, 7) is 7.89. The van der Waals surface area contributed by atoms with Crippen molar-refractivity contribution in [3.63, 3.8) is 0 Å². The molecule has 0 aromatic carbocycles. The highest BCUT2D eigenvalue weighted by molar-refractivity contribution is 5.80. The summed E-state index contributed by atoms with van der Waals surface area (Å²) >= 11 is 0. The molecule has 0 heterocycles. The summed E-state index contributed by atoms with van der Waals surface area (Å²) < 4.78 is 0. The van der Waals surface area contributed by atoms with Gasteiger partial charge in [-0.1, -0.05) is 13.3 Å². The first kappa shape index (κ1) is 12.4. The Bertz CT molecular complexity index is 137. The Morgan fingerprint density at radius 1 is 1.31 bits per heavy atom. The lowest BCUT2D eigenvalue weighted by molar-refractivity contribution is -0.126. The minimum atomic E-state index is -0.0644. The summed E-state index contributed by atoms with van der Waals surface area (Å²) in [4.78, 5) is 12.8. The van der Waals surface area contributed by atoms with Gasteiger partial charge in [0.2, 0.25) is 5.91 Å². The van der Waals surface area contributed by atoms with Crippen LogP contribution >= 0.6 is 0 Å². The first-order chi connectivity index (χ1) is 6.22. The van der Waals surface area contributed by atoms with Gasteiger partial charge in [-0.25, -0.2) is 0 Å². The molecule has 0 aliphatic heterocycles. The number of nitrogens with zero attached hydrogens (tertiary/aromatic N) is 1. The first-order valence-electron chi connectivity index (χ1n) is 5.03. The topological polar surface area (TPSA) is 46.3 Å². The molecule has 0 spiro atoms. The lowest BCUT2D eigenvalue weighted by Crippen LogP contribution is -2.31. The van der Waals surface area contributed by atoms with Crippen LogP contribution in [0.1, 0.15) is 32.6 Å². The van der Waals surface area contributed by atoms with Crippen LogP contribution in [0, 0.1) is 6.92 Å². The summed E-state index contributed by atoms with van der Waals surface area (Å²) in [5, 5.41) is 0. The van der Waals surface area contributed by atoms with Gasteiger partial charge in [-0.2, -0.15) is 0 Å². The van der Waals surface area contributed by atoms with E-state index in [4.69, 9.17) is 5.73 Å². The standard InChI is InChI=1S/C10H21N2O/c1-3-4-8-12(10(2)13)9-6-5-7-11/h2-9,11H2,1H3. The van der Waals surface area contributed by atoms with Crippen molar-refractivity contribution in [2.24, 2.45) is 5.73 Å². The smallest absolute Gasteiger partial charge is 0.223 e. The Balaban J connectivity index is 3.61. The van der Waals surface area contributed by atoms with Gasteiger partial charge in [-0.15, -0.1) is 0 Å². The molecule has 0 atom stereocenters. The molecular formula is C10H21N2O. The summed E-state index contributed by atoms with van der Waals surface area (Å²) in [7, 11) is 0. The Hall–Kier alpha value is -0.570. The normalized spacial score (nSPS) is 10.1. The molecule has 13 heavy (non-hydrogen) atoms. The van der Waals surface area contributed by atoms with Crippen LogP contribution in [-0.2, 0) is 4.79 Å². The largest absolute Gasteiger partial charge is 0.343 e. The van der Waals surface area contributed by atoms with E-state index >= 15 is 0 Å². The average Bonchev–Trinajstić information content (AvgIpc) is 2.10. The molecule has 1 amide bonds. The number of nitrogens with two attached hydrogens (primary N) is 1. The van der Waals surface area contributed by atoms with Gasteiger partial charge in [-0.05, 0) is 25.8 Å². The van der Waals surface area contributed by atoms with E-state index in [0.717, 1.165) is 38.8 Å². The molecule has 0 rings (SSSR count). The first-order valence-corrected chi connectivity index (χ1v) is 5.03. The van der Waals surface area contributed by atoms with Crippen molar-refractivity contribution >= 4 is 5.91 Å². The van der Waals surface area contributed by atoms with Gasteiger partial charge in [0.05, 0.1) is 0 Å². The van der Waals surface area contributed by atoms with E-state index in [1.165, 1.54) is 0 Å². The highest BCUT2D eigenvalue weighted by Gasteiger charge is 2.06. The molecule has 0 aliphatic rings. The molecule has 0 aromatic heterocycles. The van der Waals surface area contributed by atoms with E-state index in [1.54, 1.807) is 4.90 Å². The minimum absolute atomic E-state index is 0.0644. The van der Waals surface area contributed by atoms with Crippen molar-refractivity contribution in [3.05, 3.63) is 6.92 Å². The second-order valence-corrected chi connectivity index (χ2v) is 3.23. The van der Waals surface area contributed by atoms with E-state index in [2.05, 4.69) is 13.8 Å². The van der Waals surface area contributed by atoms with Crippen molar-refractivity contribution in [1.82, 2.24) is 4.90 Å². The molecule has 2 N–H and O–H groups in total. The Kier molecular flexibility index (Phi) is 7.69. The maximum atomic E-state index is 11.0. The lowest BCUT2D eigenvalue weighted by Gasteiger charge is -2.20. The molecule has 3 heteroatoms. The van der Waals surface area contributed by atoms with Gasteiger partial charge in [0.1, 0.15) is 0 Å². The quantitative estimate of drug-likeness (QED) is 0.606. The molecule has 0 fully saturated rings. The van der Waals surface area contributed by atoms with E-state index in [-0.39, 0.29) is 5.91 Å². The SMILES string of the molecule is [CH2]C(=O)N(CCCC)CCCCN. The van der Waals surface area contributed by atoms with Gasteiger partial charge in [-0.3, -0.25) is 4.79 Å².